The normalized spacial score (nSPS) is 16.1. The zero-order valence-corrected chi connectivity index (χ0v) is 17.3. The highest BCUT2D eigenvalue weighted by Gasteiger charge is 2.29. The second-order valence-electron chi connectivity index (χ2n) is 6.75. The van der Waals surface area contributed by atoms with Crippen molar-refractivity contribution in [3.05, 3.63) is 53.6 Å². The van der Waals surface area contributed by atoms with Gasteiger partial charge >= 0.3 is 0 Å². The second kappa shape index (κ2) is 9.37. The van der Waals surface area contributed by atoms with Crippen LogP contribution >= 0.6 is 0 Å². The molecule has 1 atom stereocenters. The molecular formula is C23H27NO5. The van der Waals surface area contributed by atoms with Gasteiger partial charge in [-0.15, -0.1) is 0 Å². The van der Waals surface area contributed by atoms with Crippen LogP contribution in [0.3, 0.4) is 0 Å². The summed E-state index contributed by atoms with van der Waals surface area (Å²) in [5.41, 5.74) is 1.87. The molecule has 0 unspecified atom stereocenters. The van der Waals surface area contributed by atoms with Gasteiger partial charge in [-0.05, 0) is 48.7 Å². The lowest BCUT2D eigenvalue weighted by atomic mass is 10.0. The lowest BCUT2D eigenvalue weighted by Crippen LogP contribution is -2.28. The van der Waals surface area contributed by atoms with Gasteiger partial charge in [0.05, 0.1) is 34.5 Å². The fraction of sp³-hybridized carbons (Fsp3) is 0.348. The number of nitrogens with zero attached hydrogens (tertiary/aromatic N) is 1. The van der Waals surface area contributed by atoms with Crippen molar-refractivity contribution >= 4 is 12.0 Å². The van der Waals surface area contributed by atoms with Crippen LogP contribution in [0.4, 0.5) is 0 Å². The molecule has 1 aliphatic heterocycles. The summed E-state index contributed by atoms with van der Waals surface area (Å²) in [7, 11) is 6.43. The van der Waals surface area contributed by atoms with E-state index < -0.39 is 0 Å². The van der Waals surface area contributed by atoms with Crippen LogP contribution < -0.4 is 18.9 Å². The maximum atomic E-state index is 12.9. The highest BCUT2D eigenvalue weighted by atomic mass is 16.5. The van der Waals surface area contributed by atoms with Crippen LogP contribution in [0.15, 0.2) is 42.5 Å². The van der Waals surface area contributed by atoms with Crippen LogP contribution in [0.5, 0.6) is 23.0 Å². The number of methoxy groups -OCH3 is 4. The molecule has 0 bridgehead atoms. The summed E-state index contributed by atoms with van der Waals surface area (Å²) in [5.74, 6) is 2.69. The van der Waals surface area contributed by atoms with Gasteiger partial charge in [0.25, 0.3) is 0 Å². The quantitative estimate of drug-likeness (QED) is 0.659. The lowest BCUT2D eigenvalue weighted by molar-refractivity contribution is -0.126. The smallest absolute Gasteiger partial charge is 0.247 e. The molecule has 29 heavy (non-hydrogen) atoms. The zero-order chi connectivity index (χ0) is 20.8. The summed E-state index contributed by atoms with van der Waals surface area (Å²) >= 11 is 0. The predicted molar refractivity (Wildman–Crippen MR) is 112 cm³/mol. The van der Waals surface area contributed by atoms with Crippen LogP contribution in [-0.4, -0.2) is 45.8 Å². The first-order valence-corrected chi connectivity index (χ1v) is 9.54. The summed E-state index contributed by atoms with van der Waals surface area (Å²) < 4.78 is 21.4. The summed E-state index contributed by atoms with van der Waals surface area (Å²) in [5, 5.41) is 0. The molecule has 154 valence electrons. The molecule has 3 rings (SSSR count). The zero-order valence-electron chi connectivity index (χ0n) is 17.3. The first kappa shape index (κ1) is 20.6. The van der Waals surface area contributed by atoms with Crippen molar-refractivity contribution in [3.63, 3.8) is 0 Å². The molecule has 0 radical (unpaired) electrons. The molecule has 0 N–H and O–H groups in total. The Kier molecular flexibility index (Phi) is 6.65. The van der Waals surface area contributed by atoms with Crippen molar-refractivity contribution in [1.29, 1.82) is 0 Å². The van der Waals surface area contributed by atoms with Crippen molar-refractivity contribution in [1.82, 2.24) is 4.90 Å². The molecule has 0 spiro atoms. The fourth-order valence-corrected chi connectivity index (χ4v) is 3.65. The minimum absolute atomic E-state index is 0.0183. The SMILES string of the molecule is COc1ccc(/C=C/C(=O)N2CCC[C@H]2c2ccc(OC)c(OC)c2)c(OC)c1. The number of amides is 1. The molecule has 2 aromatic carbocycles. The van der Waals surface area contributed by atoms with Crippen molar-refractivity contribution in [2.75, 3.05) is 35.0 Å². The topological polar surface area (TPSA) is 57.2 Å². The van der Waals surface area contributed by atoms with E-state index in [2.05, 4.69) is 0 Å². The van der Waals surface area contributed by atoms with E-state index in [0.29, 0.717) is 23.0 Å². The van der Waals surface area contributed by atoms with Crippen molar-refractivity contribution in [2.24, 2.45) is 0 Å². The molecule has 1 aliphatic rings. The number of ether oxygens (including phenoxy) is 4. The van der Waals surface area contributed by atoms with Gasteiger partial charge in [0, 0.05) is 24.3 Å². The van der Waals surface area contributed by atoms with Crippen molar-refractivity contribution in [3.8, 4) is 23.0 Å². The largest absolute Gasteiger partial charge is 0.497 e. The van der Waals surface area contributed by atoms with Gasteiger partial charge in [-0.2, -0.15) is 0 Å². The summed E-state index contributed by atoms with van der Waals surface area (Å²) in [6, 6.07) is 11.4. The number of hydrogen-bond acceptors (Lipinski definition) is 5. The van der Waals surface area contributed by atoms with E-state index in [9.17, 15) is 4.79 Å². The van der Waals surface area contributed by atoms with Gasteiger partial charge < -0.3 is 23.8 Å². The van der Waals surface area contributed by atoms with Crippen LogP contribution in [-0.2, 0) is 4.79 Å². The van der Waals surface area contributed by atoms with E-state index in [1.807, 2.05) is 35.2 Å². The van der Waals surface area contributed by atoms with E-state index in [1.54, 1.807) is 46.7 Å². The standard InChI is InChI=1S/C23H27NO5/c1-26-18-10-7-16(21(15-18)28-3)9-12-23(25)24-13-5-6-19(24)17-8-11-20(27-2)22(14-17)29-4/h7-12,14-15,19H,5-6,13H2,1-4H3/b12-9+/t19-/m0/s1. The molecule has 2 aromatic rings. The highest BCUT2D eigenvalue weighted by Crippen LogP contribution is 2.37. The van der Waals surface area contributed by atoms with E-state index >= 15 is 0 Å². The third kappa shape index (κ3) is 4.47. The Morgan fingerprint density at radius 3 is 2.38 bits per heavy atom. The maximum Gasteiger partial charge on any atom is 0.247 e. The average Bonchev–Trinajstić information content (AvgIpc) is 3.26. The molecule has 1 saturated heterocycles. The predicted octanol–water partition coefficient (Wildman–Crippen LogP) is 4.10. The molecule has 0 aromatic heterocycles. The maximum absolute atomic E-state index is 12.9. The molecule has 6 nitrogen and oxygen atoms in total. The first-order valence-electron chi connectivity index (χ1n) is 9.54. The second-order valence-corrected chi connectivity index (χ2v) is 6.75. The molecule has 1 fully saturated rings. The lowest BCUT2D eigenvalue weighted by Gasteiger charge is -2.24. The van der Waals surface area contributed by atoms with E-state index in [-0.39, 0.29) is 11.9 Å². The molecule has 0 aliphatic carbocycles. The summed E-state index contributed by atoms with van der Waals surface area (Å²) in [6.45, 7) is 0.724. The first-order chi connectivity index (χ1) is 14.1. The van der Waals surface area contributed by atoms with Crippen LogP contribution in [0.2, 0.25) is 0 Å². The van der Waals surface area contributed by atoms with E-state index in [1.165, 1.54) is 0 Å². The third-order valence-electron chi connectivity index (χ3n) is 5.17. The molecule has 0 saturated carbocycles. The fourth-order valence-electron chi connectivity index (χ4n) is 3.65. The van der Waals surface area contributed by atoms with Gasteiger partial charge in [-0.3, -0.25) is 4.79 Å². The summed E-state index contributed by atoms with van der Waals surface area (Å²) in [6.07, 6.45) is 5.26. The Labute approximate surface area is 171 Å². The molecular weight excluding hydrogens is 370 g/mol. The van der Waals surface area contributed by atoms with Gasteiger partial charge in [-0.1, -0.05) is 6.07 Å². The number of likely N-dealkylation sites (tertiary alicyclic amines) is 1. The minimum atomic E-state index is -0.0276. The van der Waals surface area contributed by atoms with Crippen LogP contribution in [0, 0.1) is 0 Å². The number of benzene rings is 2. The minimum Gasteiger partial charge on any atom is -0.497 e. The highest BCUT2D eigenvalue weighted by molar-refractivity contribution is 5.92. The molecule has 1 amide bonds. The number of rotatable bonds is 7. The third-order valence-corrected chi connectivity index (χ3v) is 5.17. The number of hydrogen-bond donors (Lipinski definition) is 0. The Morgan fingerprint density at radius 1 is 0.931 bits per heavy atom. The Morgan fingerprint density at radius 2 is 1.69 bits per heavy atom. The van der Waals surface area contributed by atoms with Crippen LogP contribution in [0.25, 0.3) is 6.08 Å². The van der Waals surface area contributed by atoms with E-state index in [4.69, 9.17) is 18.9 Å². The van der Waals surface area contributed by atoms with Gasteiger partial charge in [0.2, 0.25) is 5.91 Å². The Bertz CT molecular complexity index is 893. The monoisotopic (exact) mass is 397 g/mol. The molecule has 1 heterocycles. The van der Waals surface area contributed by atoms with E-state index in [0.717, 1.165) is 30.5 Å². The Hall–Kier alpha value is -3.15. The number of carbonyl (C=O) groups is 1. The van der Waals surface area contributed by atoms with Gasteiger partial charge in [0.15, 0.2) is 11.5 Å². The van der Waals surface area contributed by atoms with Crippen molar-refractivity contribution < 1.29 is 23.7 Å². The van der Waals surface area contributed by atoms with Gasteiger partial charge in [0.1, 0.15) is 11.5 Å². The Balaban J connectivity index is 1.79. The van der Waals surface area contributed by atoms with Gasteiger partial charge in [-0.25, -0.2) is 0 Å². The van der Waals surface area contributed by atoms with Crippen molar-refractivity contribution in [2.45, 2.75) is 18.9 Å². The van der Waals surface area contributed by atoms with Crippen LogP contribution in [0.1, 0.15) is 30.0 Å². The summed E-state index contributed by atoms with van der Waals surface area (Å²) in [4.78, 5) is 14.8. The average molecular weight is 397 g/mol. The molecule has 6 heteroatoms. The number of carbonyl (C=O) groups excluding carboxylic acids is 1.